The Morgan fingerprint density at radius 1 is 1.14 bits per heavy atom. The Balaban J connectivity index is 1.85. The van der Waals surface area contributed by atoms with Crippen LogP contribution in [0.15, 0.2) is 29.1 Å². The Morgan fingerprint density at radius 2 is 1.86 bits per heavy atom. The van der Waals surface area contributed by atoms with Gasteiger partial charge in [-0.3, -0.25) is 9.69 Å². The molecule has 0 saturated carbocycles. The smallest absolute Gasteiger partial charge is 0.305 e. The summed E-state index contributed by atoms with van der Waals surface area (Å²) in [5, 5.41) is 0. The maximum Gasteiger partial charge on any atom is 0.305 e. The van der Waals surface area contributed by atoms with Crippen molar-refractivity contribution in [1.82, 2.24) is 9.88 Å². The van der Waals surface area contributed by atoms with Gasteiger partial charge in [-0.2, -0.15) is 0 Å². The summed E-state index contributed by atoms with van der Waals surface area (Å²) < 4.78 is 0. The summed E-state index contributed by atoms with van der Waals surface area (Å²) in [7, 11) is 0. The second kappa shape index (κ2) is 6.58. The molecule has 0 amide bonds. The van der Waals surface area contributed by atoms with Gasteiger partial charge in [0.1, 0.15) is 0 Å². The fourth-order valence-corrected chi connectivity index (χ4v) is 3.83. The third-order valence-electron chi connectivity index (χ3n) is 4.19. The van der Waals surface area contributed by atoms with E-state index in [9.17, 15) is 4.79 Å². The lowest BCUT2D eigenvalue weighted by Gasteiger charge is -2.26. The minimum atomic E-state index is 0.0524. The molecule has 1 fully saturated rings. The number of nitrogens with one attached hydrogen (secondary N) is 1. The molecule has 0 aliphatic carbocycles. The summed E-state index contributed by atoms with van der Waals surface area (Å²) in [6.45, 7) is 5.36. The first-order chi connectivity index (χ1) is 10.3. The molecule has 1 aromatic heterocycles. The maximum absolute atomic E-state index is 11.8. The van der Waals surface area contributed by atoms with E-state index in [1.807, 2.05) is 0 Å². The number of H-pyrrole nitrogens is 1. The average Bonchev–Trinajstić information content (AvgIpc) is 2.89. The van der Waals surface area contributed by atoms with Crippen molar-refractivity contribution in [3.8, 4) is 11.3 Å². The number of nitrogens with zero attached hydrogens (tertiary/aromatic N) is 1. The first-order valence-corrected chi connectivity index (χ1v) is 8.61. The van der Waals surface area contributed by atoms with Crippen molar-refractivity contribution in [2.75, 3.05) is 13.1 Å². The molecule has 1 aromatic carbocycles. The molecule has 0 atom stereocenters. The van der Waals surface area contributed by atoms with Gasteiger partial charge in [0, 0.05) is 11.4 Å². The lowest BCUT2D eigenvalue weighted by molar-refractivity contribution is 0.223. The molecule has 4 heteroatoms. The van der Waals surface area contributed by atoms with Crippen molar-refractivity contribution in [2.45, 2.75) is 39.2 Å². The molecule has 1 saturated heterocycles. The number of hydrogen-bond acceptors (Lipinski definition) is 3. The molecule has 2 heterocycles. The Morgan fingerprint density at radius 3 is 2.52 bits per heavy atom. The van der Waals surface area contributed by atoms with Gasteiger partial charge in [-0.15, -0.1) is 0 Å². The van der Waals surface area contributed by atoms with E-state index in [2.05, 4.69) is 41.1 Å². The monoisotopic (exact) mass is 302 g/mol. The second-order valence-corrected chi connectivity index (χ2v) is 6.77. The van der Waals surface area contributed by atoms with Crippen LogP contribution in [0, 0.1) is 0 Å². The van der Waals surface area contributed by atoms with Crippen molar-refractivity contribution in [1.29, 1.82) is 0 Å². The molecule has 2 aromatic rings. The van der Waals surface area contributed by atoms with E-state index in [0.29, 0.717) is 0 Å². The largest absolute Gasteiger partial charge is 0.312 e. The molecular formula is C17H22N2OS. The molecule has 0 radical (unpaired) electrons. The van der Waals surface area contributed by atoms with Crippen LogP contribution in [0.25, 0.3) is 11.3 Å². The van der Waals surface area contributed by atoms with Crippen molar-refractivity contribution in [2.24, 2.45) is 0 Å². The SMILES string of the molecule is CCc1ccc(-c2[nH]c(=O)sc2CN2CCCCC2)cc1. The predicted octanol–water partition coefficient (Wildman–Crippen LogP) is 3.65. The molecule has 3 nitrogen and oxygen atoms in total. The van der Waals surface area contributed by atoms with Crippen LogP contribution in [-0.4, -0.2) is 23.0 Å². The molecule has 1 N–H and O–H groups in total. The zero-order valence-electron chi connectivity index (χ0n) is 12.5. The zero-order valence-corrected chi connectivity index (χ0v) is 13.3. The van der Waals surface area contributed by atoms with Crippen LogP contribution < -0.4 is 4.87 Å². The number of benzene rings is 1. The Hall–Kier alpha value is -1.39. The molecule has 3 rings (SSSR count). The topological polar surface area (TPSA) is 36.1 Å². The minimum absolute atomic E-state index is 0.0524. The van der Waals surface area contributed by atoms with Crippen LogP contribution in [0.4, 0.5) is 0 Å². The molecule has 1 aliphatic rings. The Kier molecular flexibility index (Phi) is 4.56. The van der Waals surface area contributed by atoms with Crippen molar-refractivity contribution in [3.63, 3.8) is 0 Å². The van der Waals surface area contributed by atoms with Crippen LogP contribution in [0.2, 0.25) is 0 Å². The number of likely N-dealkylation sites (tertiary alicyclic amines) is 1. The lowest BCUT2D eigenvalue weighted by atomic mass is 10.1. The molecule has 0 unspecified atom stereocenters. The maximum atomic E-state index is 11.8. The molecule has 0 spiro atoms. The van der Waals surface area contributed by atoms with Gasteiger partial charge in [0.25, 0.3) is 0 Å². The van der Waals surface area contributed by atoms with E-state index in [1.165, 1.54) is 41.0 Å². The van der Waals surface area contributed by atoms with E-state index in [0.717, 1.165) is 37.3 Å². The zero-order chi connectivity index (χ0) is 14.7. The van der Waals surface area contributed by atoms with E-state index >= 15 is 0 Å². The summed E-state index contributed by atoms with van der Waals surface area (Å²) >= 11 is 1.36. The van der Waals surface area contributed by atoms with Crippen LogP contribution in [0.1, 0.15) is 36.6 Å². The molecular weight excluding hydrogens is 280 g/mol. The fourth-order valence-electron chi connectivity index (χ4n) is 2.93. The first kappa shape index (κ1) is 14.5. The number of aromatic amines is 1. The van der Waals surface area contributed by atoms with Gasteiger partial charge in [-0.05, 0) is 43.5 Å². The third kappa shape index (κ3) is 3.44. The fraction of sp³-hybridized carbons (Fsp3) is 0.471. The minimum Gasteiger partial charge on any atom is -0.312 e. The summed E-state index contributed by atoms with van der Waals surface area (Å²) in [5.41, 5.74) is 3.46. The van der Waals surface area contributed by atoms with Gasteiger partial charge in [-0.1, -0.05) is 48.9 Å². The highest BCUT2D eigenvalue weighted by molar-refractivity contribution is 7.09. The number of piperidine rings is 1. The standard InChI is InChI=1S/C17H22N2OS/c1-2-13-6-8-14(9-7-13)16-15(21-17(20)18-16)12-19-10-4-3-5-11-19/h6-9H,2-5,10-12H2,1H3,(H,18,20). The van der Waals surface area contributed by atoms with Gasteiger partial charge in [0.2, 0.25) is 0 Å². The normalized spacial score (nSPS) is 16.2. The molecule has 21 heavy (non-hydrogen) atoms. The van der Waals surface area contributed by atoms with E-state index in [1.54, 1.807) is 0 Å². The third-order valence-corrected chi connectivity index (χ3v) is 5.06. The van der Waals surface area contributed by atoms with E-state index in [-0.39, 0.29) is 4.87 Å². The van der Waals surface area contributed by atoms with Crippen LogP contribution in [-0.2, 0) is 13.0 Å². The highest BCUT2D eigenvalue weighted by Gasteiger charge is 2.16. The second-order valence-electron chi connectivity index (χ2n) is 5.70. The highest BCUT2D eigenvalue weighted by atomic mass is 32.1. The van der Waals surface area contributed by atoms with Gasteiger partial charge in [0.05, 0.1) is 5.69 Å². The summed E-state index contributed by atoms with van der Waals surface area (Å²) in [4.78, 5) is 18.5. The quantitative estimate of drug-likeness (QED) is 0.936. The van der Waals surface area contributed by atoms with E-state index < -0.39 is 0 Å². The predicted molar refractivity (Wildman–Crippen MR) is 88.9 cm³/mol. The van der Waals surface area contributed by atoms with Gasteiger partial charge < -0.3 is 4.98 Å². The van der Waals surface area contributed by atoms with E-state index in [4.69, 9.17) is 0 Å². The molecule has 112 valence electrons. The Bertz CT molecular complexity index is 636. The van der Waals surface area contributed by atoms with Gasteiger partial charge >= 0.3 is 4.87 Å². The van der Waals surface area contributed by atoms with Crippen LogP contribution in [0.5, 0.6) is 0 Å². The Labute approximate surface area is 129 Å². The van der Waals surface area contributed by atoms with Crippen molar-refractivity contribution in [3.05, 3.63) is 44.4 Å². The number of aryl methyl sites for hydroxylation is 1. The average molecular weight is 302 g/mol. The first-order valence-electron chi connectivity index (χ1n) is 7.80. The number of thiazole rings is 1. The summed E-state index contributed by atoms with van der Waals surface area (Å²) in [5.74, 6) is 0. The summed E-state index contributed by atoms with van der Waals surface area (Å²) in [6, 6.07) is 8.54. The van der Waals surface area contributed by atoms with Gasteiger partial charge in [0.15, 0.2) is 0 Å². The van der Waals surface area contributed by atoms with Crippen molar-refractivity contribution >= 4 is 11.3 Å². The van der Waals surface area contributed by atoms with Crippen LogP contribution >= 0.6 is 11.3 Å². The highest BCUT2D eigenvalue weighted by Crippen LogP contribution is 2.26. The molecule has 0 bridgehead atoms. The number of aromatic nitrogens is 1. The summed E-state index contributed by atoms with van der Waals surface area (Å²) in [6.07, 6.45) is 4.94. The number of rotatable bonds is 4. The van der Waals surface area contributed by atoms with Gasteiger partial charge in [-0.25, -0.2) is 0 Å². The van der Waals surface area contributed by atoms with Crippen molar-refractivity contribution < 1.29 is 0 Å². The number of hydrogen-bond donors (Lipinski definition) is 1. The van der Waals surface area contributed by atoms with Crippen LogP contribution in [0.3, 0.4) is 0 Å². The molecule has 1 aliphatic heterocycles. The lowest BCUT2D eigenvalue weighted by Crippen LogP contribution is -2.28.